The maximum Gasteiger partial charge on any atom is 0.256 e. The summed E-state index contributed by atoms with van der Waals surface area (Å²) in [6.07, 6.45) is 0.888. The second-order valence-corrected chi connectivity index (χ2v) is 5.66. The van der Waals surface area contributed by atoms with Gasteiger partial charge in [-0.2, -0.15) is 0 Å². The highest BCUT2D eigenvalue weighted by atomic mass is 35.5. The van der Waals surface area contributed by atoms with Crippen molar-refractivity contribution in [2.45, 2.75) is 26.4 Å². The Hall–Kier alpha value is -1.87. The highest BCUT2D eigenvalue weighted by Gasteiger charge is 2.29. The molecule has 0 spiro atoms. The van der Waals surface area contributed by atoms with Crippen LogP contribution in [0.25, 0.3) is 0 Å². The maximum atomic E-state index is 12.9. The van der Waals surface area contributed by atoms with E-state index in [0.717, 1.165) is 23.1 Å². The first kappa shape index (κ1) is 14.1. The van der Waals surface area contributed by atoms with Crippen LogP contribution < -0.4 is 0 Å². The number of amides is 1. The minimum absolute atomic E-state index is 0.0537. The molecule has 3 rings (SSSR count). The van der Waals surface area contributed by atoms with Gasteiger partial charge in [-0.15, -0.1) is 0 Å². The summed E-state index contributed by atoms with van der Waals surface area (Å²) < 4.78 is 12.9. The lowest BCUT2D eigenvalue weighted by Gasteiger charge is -2.15. The first-order chi connectivity index (χ1) is 10.1. The van der Waals surface area contributed by atoms with Gasteiger partial charge in [-0.05, 0) is 41.3 Å². The fourth-order valence-corrected chi connectivity index (χ4v) is 3.01. The zero-order valence-electron chi connectivity index (χ0n) is 11.7. The van der Waals surface area contributed by atoms with E-state index in [9.17, 15) is 9.18 Å². The van der Waals surface area contributed by atoms with Crippen molar-refractivity contribution in [3.8, 4) is 0 Å². The molecule has 2 aromatic rings. The summed E-state index contributed by atoms with van der Waals surface area (Å²) in [6, 6.07) is 10.1. The molecule has 0 aliphatic carbocycles. The van der Waals surface area contributed by atoms with Gasteiger partial charge in [-0.25, -0.2) is 4.39 Å². The van der Waals surface area contributed by atoms with E-state index in [1.165, 1.54) is 12.1 Å². The standard InChI is InChI=1S/C17H15ClFNO/c1-2-11-7-13-10-20(17(21)16(13)15(18)8-11)9-12-3-5-14(19)6-4-12/h3-8H,2,9-10H2,1H3. The lowest BCUT2D eigenvalue weighted by Crippen LogP contribution is -2.23. The van der Waals surface area contributed by atoms with Crippen LogP contribution in [-0.2, 0) is 19.5 Å². The van der Waals surface area contributed by atoms with Crippen molar-refractivity contribution >= 4 is 17.5 Å². The van der Waals surface area contributed by atoms with E-state index in [1.54, 1.807) is 17.0 Å². The summed E-state index contributed by atoms with van der Waals surface area (Å²) in [5.41, 5.74) is 3.63. The molecule has 108 valence electrons. The molecule has 0 bridgehead atoms. The van der Waals surface area contributed by atoms with Crippen LogP contribution in [0.4, 0.5) is 4.39 Å². The molecule has 0 atom stereocenters. The number of fused-ring (bicyclic) bond motifs is 1. The molecule has 0 saturated carbocycles. The van der Waals surface area contributed by atoms with E-state index >= 15 is 0 Å². The number of hydrogen-bond acceptors (Lipinski definition) is 1. The molecule has 0 fully saturated rings. The van der Waals surface area contributed by atoms with Gasteiger partial charge in [-0.1, -0.05) is 36.7 Å². The van der Waals surface area contributed by atoms with E-state index in [2.05, 4.69) is 6.92 Å². The average Bonchev–Trinajstić information content (AvgIpc) is 2.78. The molecule has 0 radical (unpaired) electrons. The predicted octanol–water partition coefficient (Wildman–Crippen LogP) is 4.20. The molecular weight excluding hydrogens is 289 g/mol. The minimum atomic E-state index is -0.273. The normalized spacial score (nSPS) is 13.7. The van der Waals surface area contributed by atoms with Crippen LogP contribution in [0.1, 0.15) is 34.0 Å². The fraction of sp³-hybridized carbons (Fsp3) is 0.235. The molecule has 1 aliphatic rings. The molecule has 1 amide bonds. The molecule has 2 nitrogen and oxygen atoms in total. The highest BCUT2D eigenvalue weighted by Crippen LogP contribution is 2.31. The van der Waals surface area contributed by atoms with Gasteiger partial charge in [0.1, 0.15) is 5.82 Å². The zero-order chi connectivity index (χ0) is 15.0. The van der Waals surface area contributed by atoms with E-state index in [4.69, 9.17) is 11.6 Å². The van der Waals surface area contributed by atoms with Gasteiger partial charge >= 0.3 is 0 Å². The minimum Gasteiger partial charge on any atom is -0.330 e. The third-order valence-corrected chi connectivity index (χ3v) is 4.09. The Morgan fingerprint density at radius 3 is 2.57 bits per heavy atom. The van der Waals surface area contributed by atoms with Crippen molar-refractivity contribution in [1.29, 1.82) is 0 Å². The molecule has 0 saturated heterocycles. The lowest BCUT2D eigenvalue weighted by molar-refractivity contribution is 0.0767. The number of halogens is 2. The predicted molar refractivity (Wildman–Crippen MR) is 80.8 cm³/mol. The fourth-order valence-electron chi connectivity index (χ4n) is 2.67. The zero-order valence-corrected chi connectivity index (χ0v) is 12.5. The smallest absolute Gasteiger partial charge is 0.256 e. The van der Waals surface area contributed by atoms with Gasteiger partial charge in [0.2, 0.25) is 0 Å². The van der Waals surface area contributed by atoms with E-state index < -0.39 is 0 Å². The van der Waals surface area contributed by atoms with Crippen molar-refractivity contribution in [3.05, 3.63) is 69.5 Å². The molecule has 1 aliphatic heterocycles. The Bertz CT molecular complexity index is 697. The Labute approximate surface area is 128 Å². The molecule has 1 heterocycles. The SMILES string of the molecule is CCc1cc(Cl)c2c(c1)CN(Cc1ccc(F)cc1)C2=O. The van der Waals surface area contributed by atoms with Crippen LogP contribution in [0.2, 0.25) is 5.02 Å². The van der Waals surface area contributed by atoms with Crippen LogP contribution in [-0.4, -0.2) is 10.8 Å². The molecule has 4 heteroatoms. The summed E-state index contributed by atoms with van der Waals surface area (Å²) in [6.45, 7) is 3.08. The highest BCUT2D eigenvalue weighted by molar-refractivity contribution is 6.34. The van der Waals surface area contributed by atoms with Crippen LogP contribution in [0.3, 0.4) is 0 Å². The molecule has 0 unspecified atom stereocenters. The second-order valence-electron chi connectivity index (χ2n) is 5.25. The Morgan fingerprint density at radius 1 is 1.19 bits per heavy atom. The van der Waals surface area contributed by atoms with E-state index in [0.29, 0.717) is 23.7 Å². The summed E-state index contributed by atoms with van der Waals surface area (Å²) in [5.74, 6) is -0.326. The van der Waals surface area contributed by atoms with Gasteiger partial charge in [0, 0.05) is 13.1 Å². The number of carbonyl (C=O) groups is 1. The van der Waals surface area contributed by atoms with Crippen LogP contribution in [0.15, 0.2) is 36.4 Å². The van der Waals surface area contributed by atoms with Crippen LogP contribution in [0, 0.1) is 5.82 Å². The second kappa shape index (κ2) is 5.49. The van der Waals surface area contributed by atoms with Crippen molar-refractivity contribution in [2.75, 3.05) is 0 Å². The van der Waals surface area contributed by atoms with Crippen LogP contribution >= 0.6 is 11.6 Å². The summed E-state index contributed by atoms with van der Waals surface area (Å²) in [4.78, 5) is 14.2. The number of benzene rings is 2. The van der Waals surface area contributed by atoms with Gasteiger partial charge < -0.3 is 4.90 Å². The molecule has 2 aromatic carbocycles. The number of rotatable bonds is 3. The molecular formula is C17H15ClFNO. The summed E-state index contributed by atoms with van der Waals surface area (Å²) in [7, 11) is 0. The summed E-state index contributed by atoms with van der Waals surface area (Å²) >= 11 is 6.24. The third kappa shape index (κ3) is 2.66. The quantitative estimate of drug-likeness (QED) is 0.832. The topological polar surface area (TPSA) is 20.3 Å². The van der Waals surface area contributed by atoms with E-state index in [-0.39, 0.29) is 11.7 Å². The molecule has 21 heavy (non-hydrogen) atoms. The van der Waals surface area contributed by atoms with E-state index in [1.807, 2.05) is 12.1 Å². The average molecular weight is 304 g/mol. The number of carbonyl (C=O) groups excluding carboxylic acids is 1. The van der Waals surface area contributed by atoms with Crippen molar-refractivity contribution < 1.29 is 9.18 Å². The number of aryl methyl sites for hydroxylation is 1. The Kier molecular flexibility index (Phi) is 3.68. The number of hydrogen-bond donors (Lipinski definition) is 0. The largest absolute Gasteiger partial charge is 0.330 e. The van der Waals surface area contributed by atoms with Crippen molar-refractivity contribution in [1.82, 2.24) is 4.90 Å². The van der Waals surface area contributed by atoms with Gasteiger partial charge in [0.05, 0.1) is 10.6 Å². The molecule has 0 aromatic heterocycles. The summed E-state index contributed by atoms with van der Waals surface area (Å²) in [5, 5.41) is 0.524. The number of nitrogens with zero attached hydrogens (tertiary/aromatic N) is 1. The Balaban J connectivity index is 1.86. The lowest BCUT2D eigenvalue weighted by atomic mass is 10.0. The first-order valence-corrected chi connectivity index (χ1v) is 7.31. The van der Waals surface area contributed by atoms with Crippen molar-refractivity contribution in [2.24, 2.45) is 0 Å². The Morgan fingerprint density at radius 2 is 1.90 bits per heavy atom. The van der Waals surface area contributed by atoms with Gasteiger partial charge in [-0.3, -0.25) is 4.79 Å². The van der Waals surface area contributed by atoms with Crippen LogP contribution in [0.5, 0.6) is 0 Å². The van der Waals surface area contributed by atoms with Gasteiger partial charge in [0.25, 0.3) is 5.91 Å². The van der Waals surface area contributed by atoms with Crippen molar-refractivity contribution in [3.63, 3.8) is 0 Å². The molecule has 0 N–H and O–H groups in total. The first-order valence-electron chi connectivity index (χ1n) is 6.93. The maximum absolute atomic E-state index is 12.9. The third-order valence-electron chi connectivity index (χ3n) is 3.79. The van der Waals surface area contributed by atoms with Gasteiger partial charge in [0.15, 0.2) is 0 Å². The monoisotopic (exact) mass is 303 g/mol.